The molecule has 1 aromatic carbocycles. The zero-order valence-electron chi connectivity index (χ0n) is 18.2. The molecule has 2 N–H and O–H groups in total. The maximum absolute atomic E-state index is 12.4. The van der Waals surface area contributed by atoms with E-state index in [4.69, 9.17) is 21.1 Å². The van der Waals surface area contributed by atoms with Crippen LogP contribution in [0.3, 0.4) is 0 Å². The number of benzene rings is 1. The number of ether oxygens (including phenoxy) is 2. The van der Waals surface area contributed by atoms with Crippen LogP contribution in [0, 0.1) is 0 Å². The summed E-state index contributed by atoms with van der Waals surface area (Å²) in [6.45, 7) is 6.91. The first-order valence-electron chi connectivity index (χ1n) is 11.2. The van der Waals surface area contributed by atoms with Gasteiger partial charge in [-0.1, -0.05) is 11.6 Å². The molecule has 3 unspecified atom stereocenters. The van der Waals surface area contributed by atoms with Gasteiger partial charge in [0.15, 0.2) is 0 Å². The second-order valence-electron chi connectivity index (χ2n) is 9.07. The monoisotopic (exact) mass is 460 g/mol. The molecule has 0 bridgehead atoms. The molecule has 3 aliphatic rings. The Bertz CT molecular complexity index is 1010. The van der Waals surface area contributed by atoms with E-state index in [1.165, 1.54) is 0 Å². The summed E-state index contributed by atoms with van der Waals surface area (Å²) in [6.07, 6.45) is 2.53. The average molecular weight is 461 g/mol. The molecule has 32 heavy (non-hydrogen) atoms. The number of hydrogen-bond donors (Lipinski definition) is 2. The van der Waals surface area contributed by atoms with Gasteiger partial charge >= 0.3 is 0 Å². The predicted octanol–water partition coefficient (Wildman–Crippen LogP) is 2.28. The van der Waals surface area contributed by atoms with Crippen LogP contribution < -0.4 is 10.2 Å². The molecule has 5 rings (SSSR count). The molecule has 8 nitrogen and oxygen atoms in total. The number of nitrogens with one attached hydrogen (secondary N) is 1. The molecule has 0 spiro atoms. The zero-order chi connectivity index (χ0) is 22.3. The van der Waals surface area contributed by atoms with Gasteiger partial charge in [0.2, 0.25) is 0 Å². The number of pyridine rings is 1. The number of piperazine rings is 1. The fourth-order valence-electron chi connectivity index (χ4n) is 4.87. The number of nitrogens with zero attached hydrogens (tertiary/aromatic N) is 3. The Morgan fingerprint density at radius 1 is 1.25 bits per heavy atom. The van der Waals surface area contributed by atoms with Gasteiger partial charge in [0.05, 0.1) is 35.6 Å². The third-order valence-electron chi connectivity index (χ3n) is 6.99. The molecule has 0 aliphatic carbocycles. The predicted molar refractivity (Wildman–Crippen MR) is 123 cm³/mol. The van der Waals surface area contributed by atoms with E-state index in [-0.39, 0.29) is 11.4 Å². The minimum Gasteiger partial charge on any atom is -0.389 e. The van der Waals surface area contributed by atoms with Crippen LogP contribution in [-0.2, 0) is 14.3 Å². The molecular formula is C23H29ClN4O4. The van der Waals surface area contributed by atoms with Crippen LogP contribution in [0.15, 0.2) is 24.4 Å². The average Bonchev–Trinajstić information content (AvgIpc) is 3.45. The van der Waals surface area contributed by atoms with Crippen molar-refractivity contribution < 1.29 is 19.4 Å². The molecule has 0 saturated carbocycles. The van der Waals surface area contributed by atoms with Crippen molar-refractivity contribution in [3.63, 3.8) is 0 Å². The largest absolute Gasteiger partial charge is 0.389 e. The second kappa shape index (κ2) is 8.76. The summed E-state index contributed by atoms with van der Waals surface area (Å²) in [5.41, 5.74) is 0.635. The van der Waals surface area contributed by atoms with Gasteiger partial charge in [-0.05, 0) is 43.4 Å². The van der Waals surface area contributed by atoms with Crippen LogP contribution in [0.4, 0.5) is 11.5 Å². The van der Waals surface area contributed by atoms with E-state index in [2.05, 4.69) is 33.1 Å². The molecular weight excluding hydrogens is 432 g/mol. The summed E-state index contributed by atoms with van der Waals surface area (Å²) in [4.78, 5) is 21.3. The van der Waals surface area contributed by atoms with Crippen molar-refractivity contribution in [2.24, 2.45) is 0 Å². The number of aliphatic hydroxyl groups excluding tert-OH is 1. The van der Waals surface area contributed by atoms with Crippen molar-refractivity contribution >= 4 is 39.8 Å². The van der Waals surface area contributed by atoms with Crippen LogP contribution in [0.25, 0.3) is 10.8 Å². The number of amides is 1. The van der Waals surface area contributed by atoms with Crippen molar-refractivity contribution in [1.82, 2.24) is 9.88 Å². The summed E-state index contributed by atoms with van der Waals surface area (Å²) in [7, 11) is 0. The lowest BCUT2D eigenvalue weighted by molar-refractivity contribution is -0.124. The van der Waals surface area contributed by atoms with Crippen LogP contribution >= 0.6 is 11.6 Å². The number of anilines is 2. The summed E-state index contributed by atoms with van der Waals surface area (Å²) < 4.78 is 11.0. The Morgan fingerprint density at radius 3 is 2.75 bits per heavy atom. The van der Waals surface area contributed by atoms with Crippen molar-refractivity contribution in [3.8, 4) is 0 Å². The normalized spacial score (nSPS) is 29.0. The van der Waals surface area contributed by atoms with Gasteiger partial charge in [0.1, 0.15) is 11.9 Å². The summed E-state index contributed by atoms with van der Waals surface area (Å²) in [5, 5.41) is 15.8. The van der Waals surface area contributed by atoms with Crippen LogP contribution in [0.2, 0.25) is 5.02 Å². The van der Waals surface area contributed by atoms with Crippen LogP contribution in [-0.4, -0.2) is 84.6 Å². The van der Waals surface area contributed by atoms with Gasteiger partial charge in [-0.3, -0.25) is 9.69 Å². The van der Waals surface area contributed by atoms with E-state index in [0.29, 0.717) is 30.7 Å². The van der Waals surface area contributed by atoms with Gasteiger partial charge in [-0.15, -0.1) is 0 Å². The first kappa shape index (κ1) is 21.9. The number of aromatic nitrogens is 1. The van der Waals surface area contributed by atoms with E-state index in [1.807, 2.05) is 12.1 Å². The molecule has 9 heteroatoms. The Hall–Kier alpha value is -1.97. The van der Waals surface area contributed by atoms with Gasteiger partial charge < -0.3 is 24.8 Å². The Morgan fingerprint density at radius 2 is 2.06 bits per heavy atom. The molecule has 0 radical (unpaired) electrons. The minimum atomic E-state index is -0.464. The molecule has 1 aromatic heterocycles. The SMILES string of the molecule is CC1(N2CCN(c3cc4cc(NC(=O)C5CCCO5)ncc4cc3Cl)CC2)COCC1O. The molecule has 2 aromatic rings. The van der Waals surface area contributed by atoms with E-state index in [9.17, 15) is 9.90 Å². The maximum Gasteiger partial charge on any atom is 0.254 e. The quantitative estimate of drug-likeness (QED) is 0.723. The first-order chi connectivity index (χ1) is 15.4. The lowest BCUT2D eigenvalue weighted by Gasteiger charge is -2.45. The van der Waals surface area contributed by atoms with Crippen LogP contribution in [0.5, 0.6) is 0 Å². The number of fused-ring (bicyclic) bond motifs is 1. The standard InChI is InChI=1S/C23H29ClN4O4/c1-23(14-31-13-20(23)29)28-6-4-27(5-7-28)18-10-15-11-21(25-12-16(15)9-17(18)24)26-22(30)19-3-2-8-32-19/h9-12,19-20,29H,2-8,13-14H2,1H3,(H,25,26,30). The molecule has 172 valence electrons. The third kappa shape index (κ3) is 4.06. The highest BCUT2D eigenvalue weighted by molar-refractivity contribution is 6.34. The number of carbonyl (C=O) groups excluding carboxylic acids is 1. The van der Waals surface area contributed by atoms with E-state index >= 15 is 0 Å². The highest BCUT2D eigenvalue weighted by atomic mass is 35.5. The fraction of sp³-hybridized carbons (Fsp3) is 0.565. The van der Waals surface area contributed by atoms with Crippen molar-refractivity contribution in [2.75, 3.05) is 56.2 Å². The van der Waals surface area contributed by atoms with Crippen LogP contribution in [0.1, 0.15) is 19.8 Å². The molecule has 3 aliphatic heterocycles. The Labute approximate surface area is 192 Å². The van der Waals surface area contributed by atoms with E-state index < -0.39 is 12.2 Å². The summed E-state index contributed by atoms with van der Waals surface area (Å²) >= 11 is 6.63. The summed E-state index contributed by atoms with van der Waals surface area (Å²) in [6, 6.07) is 5.87. The number of aliphatic hydroxyl groups is 1. The highest BCUT2D eigenvalue weighted by Crippen LogP contribution is 2.34. The van der Waals surface area contributed by atoms with Gasteiger partial charge in [0, 0.05) is 44.4 Å². The number of rotatable bonds is 4. The molecule has 3 saturated heterocycles. The lowest BCUT2D eigenvalue weighted by Crippen LogP contribution is -2.60. The Balaban J connectivity index is 1.31. The summed E-state index contributed by atoms with van der Waals surface area (Å²) in [5.74, 6) is 0.366. The lowest BCUT2D eigenvalue weighted by atomic mass is 9.95. The van der Waals surface area contributed by atoms with Crippen molar-refractivity contribution in [2.45, 2.75) is 37.5 Å². The fourth-order valence-corrected chi connectivity index (χ4v) is 5.16. The molecule has 4 heterocycles. The first-order valence-corrected chi connectivity index (χ1v) is 11.6. The molecule has 3 atom stereocenters. The highest BCUT2D eigenvalue weighted by Gasteiger charge is 2.44. The maximum atomic E-state index is 12.4. The van der Waals surface area contributed by atoms with Gasteiger partial charge in [-0.25, -0.2) is 4.98 Å². The smallest absolute Gasteiger partial charge is 0.254 e. The number of hydrogen-bond acceptors (Lipinski definition) is 7. The Kier molecular flexibility index (Phi) is 5.98. The minimum absolute atomic E-state index is 0.147. The molecule has 1 amide bonds. The second-order valence-corrected chi connectivity index (χ2v) is 9.48. The van der Waals surface area contributed by atoms with E-state index in [0.717, 1.165) is 55.5 Å². The number of halogens is 1. The molecule has 3 fully saturated rings. The zero-order valence-corrected chi connectivity index (χ0v) is 19.0. The van der Waals surface area contributed by atoms with Crippen molar-refractivity contribution in [1.29, 1.82) is 0 Å². The number of carbonyl (C=O) groups is 1. The third-order valence-corrected chi connectivity index (χ3v) is 7.29. The van der Waals surface area contributed by atoms with Crippen molar-refractivity contribution in [3.05, 3.63) is 29.4 Å². The van der Waals surface area contributed by atoms with Gasteiger partial charge in [0.25, 0.3) is 5.91 Å². The van der Waals surface area contributed by atoms with Gasteiger partial charge in [-0.2, -0.15) is 0 Å². The van der Waals surface area contributed by atoms with E-state index in [1.54, 1.807) is 6.20 Å². The topological polar surface area (TPSA) is 87.2 Å².